The van der Waals surface area contributed by atoms with E-state index in [1.807, 2.05) is 0 Å². The molecular formula is C19H28N3O11P. The van der Waals surface area contributed by atoms with Crippen LogP contribution in [-0.4, -0.2) is 64.7 Å². The van der Waals surface area contributed by atoms with Gasteiger partial charge in [0.25, 0.3) is 5.56 Å². The first kappa shape index (κ1) is 26.3. The molecule has 1 aromatic rings. The molecule has 0 aliphatic carbocycles. The van der Waals surface area contributed by atoms with Crippen molar-refractivity contribution in [3.05, 3.63) is 33.1 Å². The molecule has 2 aliphatic rings. The predicted molar refractivity (Wildman–Crippen MR) is 114 cm³/mol. The Balaban J connectivity index is 1.71. The van der Waals surface area contributed by atoms with Crippen LogP contribution in [0, 0.1) is 0 Å². The number of phosphoric ester groups is 1. The number of nitrogens with zero attached hydrogens (tertiary/aromatic N) is 1. The topological polar surface area (TPSA) is 187 Å². The van der Waals surface area contributed by atoms with Crippen molar-refractivity contribution in [2.45, 2.75) is 70.3 Å². The van der Waals surface area contributed by atoms with Crippen molar-refractivity contribution in [3.63, 3.8) is 0 Å². The summed E-state index contributed by atoms with van der Waals surface area (Å²) < 4.78 is 46.3. The number of hydrogen-bond acceptors (Lipinski definition) is 12. The number of hydrogen-bond donors (Lipinski definition) is 2. The average molecular weight is 505 g/mol. The van der Waals surface area contributed by atoms with Gasteiger partial charge < -0.3 is 19.9 Å². The highest BCUT2D eigenvalue weighted by atomic mass is 31.2. The van der Waals surface area contributed by atoms with Gasteiger partial charge in [-0.05, 0) is 20.8 Å². The van der Waals surface area contributed by atoms with E-state index < -0.39 is 67.7 Å². The van der Waals surface area contributed by atoms with Crippen LogP contribution in [0.1, 0.15) is 40.3 Å². The quantitative estimate of drug-likeness (QED) is 0.355. The van der Waals surface area contributed by atoms with Gasteiger partial charge in [-0.15, -0.1) is 0 Å². The average Bonchev–Trinajstić information content (AvgIpc) is 2.95. The minimum atomic E-state index is -4.22. The lowest BCUT2D eigenvalue weighted by Crippen LogP contribution is -2.55. The van der Waals surface area contributed by atoms with Crippen LogP contribution in [0.5, 0.6) is 0 Å². The SMILES string of the molecule is CC(=O)O[C@H](CO[P@@]1(=O)OC[C@H]2O[C@@H](n3ccc(=O)[nH]c3=O)[C@](C)(N)[C@@H]2O1)CC(=O)OC(C)C. The van der Waals surface area contributed by atoms with E-state index in [-0.39, 0.29) is 19.1 Å². The van der Waals surface area contributed by atoms with Gasteiger partial charge in [-0.25, -0.2) is 9.36 Å². The van der Waals surface area contributed by atoms with Crippen LogP contribution in [0.4, 0.5) is 0 Å². The second-order valence-electron chi connectivity index (χ2n) is 8.45. The number of aromatic nitrogens is 2. The summed E-state index contributed by atoms with van der Waals surface area (Å²) in [5.41, 5.74) is 3.69. The number of H-pyrrole nitrogens is 1. The Morgan fingerprint density at radius 1 is 1.35 bits per heavy atom. The Labute approximate surface area is 194 Å². The largest absolute Gasteiger partial charge is 0.475 e. The van der Waals surface area contributed by atoms with Crippen molar-refractivity contribution < 1.29 is 41.9 Å². The number of carbonyl (C=O) groups is 2. The minimum Gasteiger partial charge on any atom is -0.463 e. The fourth-order valence-electron chi connectivity index (χ4n) is 3.65. The first-order valence-corrected chi connectivity index (χ1v) is 12.0. The fourth-order valence-corrected chi connectivity index (χ4v) is 5.17. The molecule has 34 heavy (non-hydrogen) atoms. The lowest BCUT2D eigenvalue weighted by molar-refractivity contribution is -0.157. The van der Waals surface area contributed by atoms with E-state index in [2.05, 4.69) is 4.98 Å². The van der Waals surface area contributed by atoms with Crippen molar-refractivity contribution in [1.29, 1.82) is 0 Å². The Kier molecular flexibility index (Phi) is 7.80. The maximum absolute atomic E-state index is 13.1. The number of fused-ring (bicyclic) bond motifs is 1. The lowest BCUT2D eigenvalue weighted by Gasteiger charge is -2.36. The number of nitrogens with one attached hydrogen (secondary N) is 1. The Hall–Kier alpha value is -2.35. The Morgan fingerprint density at radius 2 is 2.06 bits per heavy atom. The summed E-state index contributed by atoms with van der Waals surface area (Å²) in [4.78, 5) is 49.0. The van der Waals surface area contributed by atoms with Gasteiger partial charge in [0.05, 0.1) is 31.3 Å². The van der Waals surface area contributed by atoms with Gasteiger partial charge in [0.1, 0.15) is 18.3 Å². The number of esters is 2. The third-order valence-corrected chi connectivity index (χ3v) is 6.46. The zero-order valence-electron chi connectivity index (χ0n) is 19.1. The summed E-state index contributed by atoms with van der Waals surface area (Å²) in [5.74, 6) is -1.32. The van der Waals surface area contributed by atoms with Crippen LogP contribution in [0.25, 0.3) is 0 Å². The van der Waals surface area contributed by atoms with Crippen LogP contribution in [-0.2, 0) is 41.9 Å². The molecule has 0 unspecified atom stereocenters. The highest BCUT2D eigenvalue weighted by molar-refractivity contribution is 7.48. The van der Waals surface area contributed by atoms with Crippen LogP contribution in [0.2, 0.25) is 0 Å². The summed E-state index contributed by atoms with van der Waals surface area (Å²) in [7, 11) is -4.22. The second kappa shape index (κ2) is 10.1. The third kappa shape index (κ3) is 6.01. The highest BCUT2D eigenvalue weighted by Crippen LogP contribution is 2.58. The van der Waals surface area contributed by atoms with E-state index in [1.54, 1.807) is 13.8 Å². The van der Waals surface area contributed by atoms with Gasteiger partial charge in [0.2, 0.25) is 0 Å². The van der Waals surface area contributed by atoms with E-state index in [9.17, 15) is 23.7 Å². The van der Waals surface area contributed by atoms with Crippen molar-refractivity contribution in [2.24, 2.45) is 5.73 Å². The fraction of sp³-hybridized carbons (Fsp3) is 0.684. The molecule has 2 saturated heterocycles. The lowest BCUT2D eigenvalue weighted by atomic mass is 9.93. The standard InChI is InChI=1S/C19H28N3O11P/c1-10(2)30-15(25)7-12(31-11(3)23)8-28-34(27)29-9-13-16(33-34)19(4,20)17(32-13)22-6-5-14(24)21-18(22)26/h5-6,10,12-13,16-17H,7-9,20H2,1-4H3,(H,21,24,26)/t12-,13+,16+,17+,19+,34-/m0/s1. The summed E-state index contributed by atoms with van der Waals surface area (Å²) in [5, 5.41) is 0. The maximum atomic E-state index is 13.1. The first-order chi connectivity index (χ1) is 15.8. The number of carbonyl (C=O) groups excluding carboxylic acids is 2. The van der Waals surface area contributed by atoms with E-state index in [0.717, 1.165) is 17.6 Å². The summed E-state index contributed by atoms with van der Waals surface area (Å²) >= 11 is 0. The van der Waals surface area contributed by atoms with Crippen molar-refractivity contribution >= 4 is 19.8 Å². The van der Waals surface area contributed by atoms with E-state index >= 15 is 0 Å². The van der Waals surface area contributed by atoms with E-state index in [4.69, 9.17) is 33.5 Å². The van der Waals surface area contributed by atoms with Gasteiger partial charge in [0.15, 0.2) is 6.23 Å². The zero-order valence-corrected chi connectivity index (χ0v) is 20.0. The minimum absolute atomic E-state index is 0.239. The van der Waals surface area contributed by atoms with Crippen LogP contribution in [0.15, 0.2) is 21.9 Å². The first-order valence-electron chi connectivity index (χ1n) is 10.5. The van der Waals surface area contributed by atoms with Crippen LogP contribution in [0.3, 0.4) is 0 Å². The molecule has 0 bridgehead atoms. The summed E-state index contributed by atoms with van der Waals surface area (Å²) in [6, 6.07) is 1.13. The third-order valence-electron chi connectivity index (χ3n) is 5.04. The number of rotatable bonds is 8. The molecule has 190 valence electrons. The van der Waals surface area contributed by atoms with Crippen LogP contribution < -0.4 is 17.0 Å². The predicted octanol–water partition coefficient (Wildman–Crippen LogP) is -0.0351. The molecular weight excluding hydrogens is 477 g/mol. The maximum Gasteiger partial charge on any atom is 0.475 e. The monoisotopic (exact) mass is 505 g/mol. The van der Waals surface area contributed by atoms with E-state index in [0.29, 0.717) is 0 Å². The summed E-state index contributed by atoms with van der Waals surface area (Å²) in [6.45, 7) is 5.28. The highest BCUT2D eigenvalue weighted by Gasteiger charge is 2.59. The molecule has 0 saturated carbocycles. The Morgan fingerprint density at radius 3 is 2.68 bits per heavy atom. The molecule has 2 aliphatic heterocycles. The zero-order chi connectivity index (χ0) is 25.3. The molecule has 3 heterocycles. The van der Waals surface area contributed by atoms with E-state index in [1.165, 1.54) is 13.1 Å². The van der Waals surface area contributed by atoms with Crippen molar-refractivity contribution in [3.8, 4) is 0 Å². The molecule has 3 N–H and O–H groups in total. The van der Waals surface area contributed by atoms with Gasteiger partial charge in [0, 0.05) is 19.2 Å². The molecule has 0 aromatic carbocycles. The molecule has 3 rings (SSSR count). The molecule has 0 amide bonds. The summed E-state index contributed by atoms with van der Waals surface area (Å²) in [6.07, 6.45) is -3.47. The van der Waals surface area contributed by atoms with Crippen molar-refractivity contribution in [2.75, 3.05) is 13.2 Å². The normalized spacial score (nSPS) is 31.6. The number of aromatic amines is 1. The smallest absolute Gasteiger partial charge is 0.463 e. The molecule has 14 nitrogen and oxygen atoms in total. The Bertz CT molecular complexity index is 1080. The second-order valence-corrected chi connectivity index (χ2v) is 10.1. The molecule has 0 spiro atoms. The van der Waals surface area contributed by atoms with Crippen LogP contribution >= 0.6 is 7.82 Å². The molecule has 0 radical (unpaired) electrons. The van der Waals surface area contributed by atoms with Gasteiger partial charge in [-0.2, -0.15) is 0 Å². The number of nitrogens with two attached hydrogens (primary N) is 1. The number of ether oxygens (including phenoxy) is 3. The van der Waals surface area contributed by atoms with Gasteiger partial charge in [-0.3, -0.25) is 37.5 Å². The van der Waals surface area contributed by atoms with Gasteiger partial charge in [-0.1, -0.05) is 0 Å². The molecule has 6 atom stereocenters. The molecule has 15 heteroatoms. The molecule has 2 fully saturated rings. The number of phosphoric acid groups is 1. The van der Waals surface area contributed by atoms with Crippen molar-refractivity contribution in [1.82, 2.24) is 9.55 Å². The van der Waals surface area contributed by atoms with Gasteiger partial charge >= 0.3 is 25.5 Å². The molecule has 1 aromatic heterocycles.